The lowest BCUT2D eigenvalue weighted by Crippen LogP contribution is -2.07. The summed E-state index contributed by atoms with van der Waals surface area (Å²) < 4.78 is 37.1. The fourth-order valence-electron chi connectivity index (χ4n) is 1.37. The quantitative estimate of drug-likeness (QED) is 0.762. The maximum absolute atomic E-state index is 12.4. The first kappa shape index (κ1) is 11.0. The number of aromatic nitrogens is 1. The molecule has 0 saturated carbocycles. The van der Waals surface area contributed by atoms with Crippen LogP contribution in [0.15, 0.2) is 29.2 Å². The minimum absolute atomic E-state index is 0.0488. The number of alkyl halides is 3. The van der Waals surface area contributed by atoms with Crippen LogP contribution in [0.5, 0.6) is 0 Å². The van der Waals surface area contributed by atoms with Crippen molar-refractivity contribution in [2.75, 3.05) is 0 Å². The molecule has 2 nitrogen and oxygen atoms in total. The van der Waals surface area contributed by atoms with Crippen LogP contribution >= 0.6 is 11.6 Å². The van der Waals surface area contributed by atoms with Gasteiger partial charge in [0.05, 0.1) is 5.56 Å². The van der Waals surface area contributed by atoms with E-state index in [4.69, 9.17) is 11.6 Å². The monoisotopic (exact) mass is 247 g/mol. The molecule has 0 spiro atoms. The fourth-order valence-corrected chi connectivity index (χ4v) is 1.53. The van der Waals surface area contributed by atoms with Crippen molar-refractivity contribution in [3.05, 3.63) is 45.2 Å². The van der Waals surface area contributed by atoms with Gasteiger partial charge in [0, 0.05) is 17.1 Å². The van der Waals surface area contributed by atoms with Gasteiger partial charge < -0.3 is 4.98 Å². The zero-order valence-electron chi connectivity index (χ0n) is 7.73. The summed E-state index contributed by atoms with van der Waals surface area (Å²) in [6.07, 6.45) is -3.25. The van der Waals surface area contributed by atoms with Crippen LogP contribution in [0.4, 0.5) is 13.2 Å². The molecule has 0 fully saturated rings. The predicted octanol–water partition coefficient (Wildman–Crippen LogP) is 3.20. The fraction of sp³-hybridized carbons (Fsp3) is 0.100. The Morgan fingerprint density at radius 3 is 2.56 bits per heavy atom. The van der Waals surface area contributed by atoms with E-state index in [-0.39, 0.29) is 15.9 Å². The van der Waals surface area contributed by atoms with E-state index in [1.54, 1.807) is 0 Å². The van der Waals surface area contributed by atoms with Gasteiger partial charge in [0.1, 0.15) is 5.02 Å². The van der Waals surface area contributed by atoms with Crippen LogP contribution in [-0.4, -0.2) is 4.98 Å². The molecule has 0 amide bonds. The SMILES string of the molecule is O=c1c(Cl)c[nH]c2cc(C(F)(F)F)ccc12. The lowest BCUT2D eigenvalue weighted by Gasteiger charge is -2.07. The molecule has 1 aromatic carbocycles. The highest BCUT2D eigenvalue weighted by Gasteiger charge is 2.30. The maximum Gasteiger partial charge on any atom is 0.416 e. The Labute approximate surface area is 92.7 Å². The normalized spacial score (nSPS) is 12.0. The maximum atomic E-state index is 12.4. The van der Waals surface area contributed by atoms with Gasteiger partial charge in [-0.05, 0) is 18.2 Å². The summed E-state index contributed by atoms with van der Waals surface area (Å²) in [7, 11) is 0. The lowest BCUT2D eigenvalue weighted by atomic mass is 10.1. The molecule has 0 aliphatic carbocycles. The van der Waals surface area contributed by atoms with E-state index in [1.807, 2.05) is 0 Å². The number of benzene rings is 1. The van der Waals surface area contributed by atoms with E-state index < -0.39 is 17.2 Å². The summed E-state index contributed by atoms with van der Waals surface area (Å²) in [5.41, 5.74) is -1.17. The van der Waals surface area contributed by atoms with Crippen molar-refractivity contribution in [3.63, 3.8) is 0 Å². The first-order valence-corrected chi connectivity index (χ1v) is 4.65. The van der Waals surface area contributed by atoms with E-state index >= 15 is 0 Å². The van der Waals surface area contributed by atoms with Gasteiger partial charge in [-0.25, -0.2) is 0 Å². The Morgan fingerprint density at radius 1 is 1.25 bits per heavy atom. The van der Waals surface area contributed by atoms with Crippen LogP contribution < -0.4 is 5.43 Å². The van der Waals surface area contributed by atoms with Crippen LogP contribution in [0.25, 0.3) is 10.9 Å². The number of aromatic amines is 1. The van der Waals surface area contributed by atoms with Gasteiger partial charge in [-0.3, -0.25) is 4.79 Å². The Balaban J connectivity index is 2.75. The van der Waals surface area contributed by atoms with Gasteiger partial charge >= 0.3 is 6.18 Å². The molecule has 2 aromatic rings. The summed E-state index contributed by atoms with van der Waals surface area (Å²) in [4.78, 5) is 14.0. The molecule has 0 atom stereocenters. The van der Waals surface area contributed by atoms with Crippen molar-refractivity contribution >= 4 is 22.5 Å². The van der Waals surface area contributed by atoms with Crippen molar-refractivity contribution in [2.24, 2.45) is 0 Å². The highest BCUT2D eigenvalue weighted by atomic mass is 35.5. The topological polar surface area (TPSA) is 32.9 Å². The summed E-state index contributed by atoms with van der Waals surface area (Å²) >= 11 is 5.55. The number of rotatable bonds is 0. The number of fused-ring (bicyclic) bond motifs is 1. The third-order valence-corrected chi connectivity index (χ3v) is 2.44. The molecular formula is C10H5ClF3NO. The number of hydrogen-bond acceptors (Lipinski definition) is 1. The molecule has 1 aromatic heterocycles. The molecule has 0 aliphatic rings. The smallest absolute Gasteiger partial charge is 0.360 e. The van der Waals surface area contributed by atoms with Crippen molar-refractivity contribution in [2.45, 2.75) is 6.18 Å². The zero-order valence-corrected chi connectivity index (χ0v) is 8.49. The van der Waals surface area contributed by atoms with Gasteiger partial charge in [-0.15, -0.1) is 0 Å². The number of nitrogens with one attached hydrogen (secondary N) is 1. The third-order valence-electron chi connectivity index (χ3n) is 2.16. The molecule has 1 heterocycles. The average molecular weight is 248 g/mol. The Kier molecular flexibility index (Phi) is 2.42. The summed E-state index contributed by atoms with van der Waals surface area (Å²) in [6.45, 7) is 0. The first-order valence-electron chi connectivity index (χ1n) is 4.28. The van der Waals surface area contributed by atoms with Crippen LogP contribution in [0.2, 0.25) is 5.02 Å². The number of hydrogen-bond donors (Lipinski definition) is 1. The third kappa shape index (κ3) is 1.78. The molecule has 16 heavy (non-hydrogen) atoms. The van der Waals surface area contributed by atoms with Crippen LogP contribution in [0.3, 0.4) is 0 Å². The van der Waals surface area contributed by atoms with Crippen molar-refractivity contribution in [1.29, 1.82) is 0 Å². The second-order valence-corrected chi connectivity index (χ2v) is 3.63. The van der Waals surface area contributed by atoms with E-state index in [9.17, 15) is 18.0 Å². The minimum Gasteiger partial charge on any atom is -0.360 e. The Hall–Kier alpha value is -1.49. The van der Waals surface area contributed by atoms with E-state index in [2.05, 4.69) is 4.98 Å². The molecular weight excluding hydrogens is 243 g/mol. The Morgan fingerprint density at radius 2 is 1.94 bits per heavy atom. The van der Waals surface area contributed by atoms with Crippen molar-refractivity contribution < 1.29 is 13.2 Å². The predicted molar refractivity (Wildman–Crippen MR) is 54.6 cm³/mol. The standard InChI is InChI=1S/C10H5ClF3NO/c11-7-4-15-8-3-5(10(12,13)14)1-2-6(8)9(7)16/h1-4H,(H,15,16). The highest BCUT2D eigenvalue weighted by molar-refractivity contribution is 6.31. The average Bonchev–Trinajstić information content (AvgIpc) is 2.22. The number of H-pyrrole nitrogens is 1. The summed E-state index contributed by atoms with van der Waals surface area (Å²) in [5, 5.41) is 0.0905. The largest absolute Gasteiger partial charge is 0.416 e. The number of halogens is 4. The second-order valence-electron chi connectivity index (χ2n) is 3.22. The highest BCUT2D eigenvalue weighted by Crippen LogP contribution is 2.30. The summed E-state index contributed by atoms with van der Waals surface area (Å²) in [5.74, 6) is 0. The van der Waals surface area contributed by atoms with Crippen molar-refractivity contribution in [3.8, 4) is 0 Å². The molecule has 0 saturated heterocycles. The molecule has 1 N–H and O–H groups in total. The summed E-state index contributed by atoms with van der Waals surface area (Å²) in [6, 6.07) is 2.85. The minimum atomic E-state index is -4.43. The van der Waals surface area contributed by atoms with Gasteiger partial charge in [0.15, 0.2) is 0 Å². The second kappa shape index (κ2) is 3.52. The van der Waals surface area contributed by atoms with Crippen LogP contribution in [0.1, 0.15) is 5.56 Å². The van der Waals surface area contributed by atoms with Gasteiger partial charge in [0.25, 0.3) is 0 Å². The molecule has 0 unspecified atom stereocenters. The van der Waals surface area contributed by atoms with Crippen molar-refractivity contribution in [1.82, 2.24) is 4.98 Å². The molecule has 0 bridgehead atoms. The molecule has 2 rings (SSSR count). The van der Waals surface area contributed by atoms with Gasteiger partial charge in [0.2, 0.25) is 5.43 Å². The van der Waals surface area contributed by atoms with Gasteiger partial charge in [-0.2, -0.15) is 13.2 Å². The lowest BCUT2D eigenvalue weighted by molar-refractivity contribution is -0.137. The zero-order chi connectivity index (χ0) is 11.9. The molecule has 0 aliphatic heterocycles. The van der Waals surface area contributed by atoms with Crippen LogP contribution in [-0.2, 0) is 6.18 Å². The Bertz CT molecular complexity index is 603. The molecule has 84 valence electrons. The van der Waals surface area contributed by atoms with Gasteiger partial charge in [-0.1, -0.05) is 11.6 Å². The molecule has 0 radical (unpaired) electrons. The van der Waals surface area contributed by atoms with Crippen LogP contribution in [0, 0.1) is 0 Å². The first-order chi connectivity index (χ1) is 7.39. The molecule has 6 heteroatoms. The van der Waals surface area contributed by atoms with E-state index in [0.29, 0.717) is 0 Å². The van der Waals surface area contributed by atoms with E-state index in [0.717, 1.165) is 18.2 Å². The van der Waals surface area contributed by atoms with E-state index in [1.165, 1.54) is 6.20 Å². The number of pyridine rings is 1.